The molecule has 3 unspecified atom stereocenters. The fourth-order valence-electron chi connectivity index (χ4n) is 4.07. The van der Waals surface area contributed by atoms with Crippen LogP contribution in [0.3, 0.4) is 0 Å². The predicted octanol–water partition coefficient (Wildman–Crippen LogP) is 3.49. The van der Waals surface area contributed by atoms with Crippen LogP contribution in [0.5, 0.6) is 0 Å². The zero-order valence-corrected chi connectivity index (χ0v) is 21.7. The first-order valence-electron chi connectivity index (χ1n) is 9.99. The molecule has 2 rings (SSSR count). The predicted molar refractivity (Wildman–Crippen MR) is 105 cm³/mol. The minimum Gasteiger partial charge on any atom is -0.384 e. The van der Waals surface area contributed by atoms with Crippen LogP contribution in [0.1, 0.15) is 48.5 Å². The third kappa shape index (κ3) is 6.87. The molecular formula is C19H36BO5PY. The van der Waals surface area contributed by atoms with Crippen molar-refractivity contribution < 1.29 is 56.0 Å². The summed E-state index contributed by atoms with van der Waals surface area (Å²) < 4.78 is 36.3. The van der Waals surface area contributed by atoms with Gasteiger partial charge in [0.2, 0.25) is 0 Å². The Balaban J connectivity index is 0.00000364. The second-order valence-corrected chi connectivity index (χ2v) is 10.0. The van der Waals surface area contributed by atoms with E-state index in [9.17, 15) is 4.57 Å². The van der Waals surface area contributed by atoms with Crippen LogP contribution in [0.25, 0.3) is 0 Å². The quantitative estimate of drug-likeness (QED) is 0.398. The molecule has 0 spiro atoms. The van der Waals surface area contributed by atoms with E-state index in [1.54, 1.807) is 0 Å². The topological polar surface area (TPSA) is 54.0 Å². The third-order valence-corrected chi connectivity index (χ3v) is 7.14. The van der Waals surface area contributed by atoms with Gasteiger partial charge in [-0.2, -0.15) is 0 Å². The molecule has 2 fully saturated rings. The molecule has 5 nitrogen and oxygen atoms in total. The minimum absolute atomic E-state index is 0. The van der Waals surface area contributed by atoms with Crippen LogP contribution in [0.2, 0.25) is 0 Å². The van der Waals surface area contributed by atoms with E-state index in [0.717, 1.165) is 0 Å². The summed E-state index contributed by atoms with van der Waals surface area (Å²) in [5, 5.41) is 0. The molecule has 0 aromatic rings. The molecule has 0 bridgehead atoms. The van der Waals surface area contributed by atoms with Crippen molar-refractivity contribution in [2.24, 2.45) is 23.7 Å². The smallest absolute Gasteiger partial charge is 0.192 e. The normalized spacial score (nSPS) is 40.5. The van der Waals surface area contributed by atoms with Crippen LogP contribution >= 0.6 is 8.03 Å². The van der Waals surface area contributed by atoms with Crippen LogP contribution < -0.4 is 0 Å². The zero-order chi connectivity index (χ0) is 19.6. The molecule has 0 saturated carbocycles. The van der Waals surface area contributed by atoms with Crippen molar-refractivity contribution in [1.82, 2.24) is 0 Å². The molecule has 8 heteroatoms. The van der Waals surface area contributed by atoms with Crippen molar-refractivity contribution in [2.45, 2.75) is 85.0 Å². The van der Waals surface area contributed by atoms with Crippen molar-refractivity contribution in [3.63, 3.8) is 0 Å². The molecule has 0 N–H and O–H groups in total. The standard InChI is InChI=1S/C19H36BO5P.Y/c1-10(2)17-15(13(6)19(20)25-17)9-26(21)22-8-16-18(23-11(3)4)12(5)14(7)24-16;/h10-19,26H,8-9H2,1-7H3;/t12-,13+,14+,15?,16-,17-,18?,19-;/m1./s1. The van der Waals surface area contributed by atoms with Crippen LogP contribution in [-0.2, 0) is 56.0 Å². The molecule has 3 radical (unpaired) electrons. The van der Waals surface area contributed by atoms with Gasteiger partial charge in [0, 0.05) is 50.8 Å². The molecule has 0 aromatic carbocycles. The molecule has 0 amide bonds. The Kier molecular flexibility index (Phi) is 11.3. The fourth-order valence-corrected chi connectivity index (χ4v) is 5.53. The van der Waals surface area contributed by atoms with E-state index in [0.29, 0.717) is 24.6 Å². The van der Waals surface area contributed by atoms with E-state index < -0.39 is 8.03 Å². The Labute approximate surface area is 192 Å². The molecule has 2 aliphatic rings. The van der Waals surface area contributed by atoms with Gasteiger partial charge in [-0.25, -0.2) is 0 Å². The van der Waals surface area contributed by atoms with Crippen molar-refractivity contribution in [3.8, 4) is 0 Å². The summed E-state index contributed by atoms with van der Waals surface area (Å²) in [5.41, 5.74) is 0. The van der Waals surface area contributed by atoms with E-state index >= 15 is 0 Å². The van der Waals surface area contributed by atoms with E-state index in [4.69, 9.17) is 26.6 Å². The maximum absolute atomic E-state index is 12.6. The van der Waals surface area contributed by atoms with Crippen LogP contribution in [0.15, 0.2) is 0 Å². The molecule has 153 valence electrons. The molecule has 2 aliphatic heterocycles. The number of hydrogen-bond donors (Lipinski definition) is 0. The average molecular weight is 475 g/mol. The number of ether oxygens (including phenoxy) is 3. The number of hydrogen-bond acceptors (Lipinski definition) is 5. The fraction of sp³-hybridized carbons (Fsp3) is 1.00. The molecule has 9 atom stereocenters. The second-order valence-electron chi connectivity index (χ2n) is 8.61. The Morgan fingerprint density at radius 1 is 1.07 bits per heavy atom. The second kappa shape index (κ2) is 11.6. The van der Waals surface area contributed by atoms with Crippen LogP contribution in [-0.4, -0.2) is 57.1 Å². The van der Waals surface area contributed by atoms with Gasteiger partial charge in [0.15, 0.2) is 8.03 Å². The van der Waals surface area contributed by atoms with E-state index in [2.05, 4.69) is 34.6 Å². The van der Waals surface area contributed by atoms with E-state index in [1.807, 2.05) is 13.8 Å². The number of rotatable bonds is 8. The summed E-state index contributed by atoms with van der Waals surface area (Å²) in [5.74, 6) is 0.982. The van der Waals surface area contributed by atoms with Gasteiger partial charge in [-0.1, -0.05) is 27.7 Å². The van der Waals surface area contributed by atoms with Gasteiger partial charge in [-0.05, 0) is 38.5 Å². The van der Waals surface area contributed by atoms with Crippen molar-refractivity contribution in [3.05, 3.63) is 0 Å². The Bertz CT molecular complexity index is 481. The van der Waals surface area contributed by atoms with Gasteiger partial charge in [0.25, 0.3) is 0 Å². The first-order chi connectivity index (χ1) is 12.1. The monoisotopic (exact) mass is 475 g/mol. The van der Waals surface area contributed by atoms with Gasteiger partial charge in [-0.15, -0.1) is 0 Å². The molecule has 27 heavy (non-hydrogen) atoms. The summed E-state index contributed by atoms with van der Waals surface area (Å²) in [4.78, 5) is 0. The van der Waals surface area contributed by atoms with Crippen LogP contribution in [0.4, 0.5) is 0 Å². The summed E-state index contributed by atoms with van der Waals surface area (Å²) >= 11 is 0. The Morgan fingerprint density at radius 3 is 2.26 bits per heavy atom. The third-order valence-electron chi connectivity index (χ3n) is 5.84. The molecular weight excluding hydrogens is 439 g/mol. The van der Waals surface area contributed by atoms with Gasteiger partial charge >= 0.3 is 0 Å². The van der Waals surface area contributed by atoms with E-state index in [-0.39, 0.29) is 81.1 Å². The Hall–Kier alpha value is 1.24. The van der Waals surface area contributed by atoms with Crippen LogP contribution in [0, 0.1) is 23.7 Å². The van der Waals surface area contributed by atoms with Gasteiger partial charge < -0.3 is 18.7 Å². The summed E-state index contributed by atoms with van der Waals surface area (Å²) in [6, 6.07) is -0.286. The molecule has 0 aliphatic carbocycles. The first kappa shape index (κ1) is 26.3. The van der Waals surface area contributed by atoms with Crippen molar-refractivity contribution in [2.75, 3.05) is 12.8 Å². The van der Waals surface area contributed by atoms with Crippen molar-refractivity contribution >= 4 is 15.9 Å². The maximum atomic E-state index is 12.6. The Morgan fingerprint density at radius 2 is 1.70 bits per heavy atom. The van der Waals surface area contributed by atoms with E-state index in [1.165, 1.54) is 0 Å². The van der Waals surface area contributed by atoms with Crippen molar-refractivity contribution in [1.29, 1.82) is 0 Å². The van der Waals surface area contributed by atoms with Gasteiger partial charge in [0.05, 0.1) is 31.0 Å². The molecule has 0 aromatic heterocycles. The first-order valence-corrected chi connectivity index (χ1v) is 11.5. The average Bonchev–Trinajstić information content (AvgIpc) is 2.97. The van der Waals surface area contributed by atoms with Gasteiger partial charge in [-0.3, -0.25) is 4.57 Å². The molecule has 2 heterocycles. The largest absolute Gasteiger partial charge is 0.384 e. The summed E-state index contributed by atoms with van der Waals surface area (Å²) in [6.07, 6.45) is 0.594. The SMILES string of the molecule is [B][C@@H]1O[C@H](C(C)C)C(C[PH](=O)OC[C@H]2O[C@@H](C)[C@@H](C)C2OC(C)C)[C@@H]1C.[Y]. The minimum atomic E-state index is -2.19. The van der Waals surface area contributed by atoms with Gasteiger partial charge in [0.1, 0.15) is 14.0 Å². The zero-order valence-electron chi connectivity index (χ0n) is 17.9. The summed E-state index contributed by atoms with van der Waals surface area (Å²) in [6.45, 7) is 14.8. The molecule has 2 saturated heterocycles. The summed E-state index contributed by atoms with van der Waals surface area (Å²) in [7, 11) is 3.86. The maximum Gasteiger partial charge on any atom is 0.192 e.